The lowest BCUT2D eigenvalue weighted by atomic mass is 10.1. The highest BCUT2D eigenvalue weighted by atomic mass is 16.5. The molecule has 0 aromatic heterocycles. The van der Waals surface area contributed by atoms with E-state index in [2.05, 4.69) is 6.58 Å². The Morgan fingerprint density at radius 2 is 1.91 bits per heavy atom. The molecule has 5 heteroatoms. The first-order chi connectivity index (χ1) is 10.4. The molecule has 0 bridgehead atoms. The van der Waals surface area contributed by atoms with E-state index >= 15 is 0 Å². The van der Waals surface area contributed by atoms with E-state index in [9.17, 15) is 14.7 Å². The molecule has 0 heterocycles. The average molecular weight is 304 g/mol. The number of carboxylic acid groups (broad SMARTS) is 1. The first kappa shape index (κ1) is 17.5. The van der Waals surface area contributed by atoms with Crippen molar-refractivity contribution in [1.29, 1.82) is 0 Å². The average Bonchev–Trinajstić information content (AvgIpc) is 2.47. The van der Waals surface area contributed by atoms with Crippen molar-refractivity contribution in [3.63, 3.8) is 0 Å². The number of carbonyl (C=O) groups is 2. The third kappa shape index (κ3) is 5.83. The van der Waals surface area contributed by atoms with Gasteiger partial charge in [0.1, 0.15) is 5.75 Å². The van der Waals surface area contributed by atoms with E-state index in [0.717, 1.165) is 11.3 Å². The Bertz CT molecular complexity index is 569. The molecule has 22 heavy (non-hydrogen) atoms. The topological polar surface area (TPSA) is 72.8 Å². The molecule has 0 saturated heterocycles. The van der Waals surface area contributed by atoms with Crippen LogP contribution in [0.1, 0.15) is 25.8 Å². The van der Waals surface area contributed by atoms with Crippen LogP contribution in [-0.2, 0) is 14.3 Å². The fourth-order valence-electron chi connectivity index (χ4n) is 1.65. The Balaban J connectivity index is 2.71. The van der Waals surface area contributed by atoms with Gasteiger partial charge < -0.3 is 14.6 Å². The van der Waals surface area contributed by atoms with E-state index in [0.29, 0.717) is 6.61 Å². The lowest BCUT2D eigenvalue weighted by molar-refractivity contribution is -0.139. The fourth-order valence-corrected chi connectivity index (χ4v) is 1.65. The summed E-state index contributed by atoms with van der Waals surface area (Å²) in [5.74, 6) is -0.835. The van der Waals surface area contributed by atoms with E-state index in [-0.39, 0.29) is 24.2 Å². The minimum atomic E-state index is -1.04. The molecule has 0 aliphatic rings. The Labute approximate surface area is 129 Å². The van der Waals surface area contributed by atoms with Crippen LogP contribution in [0, 0.1) is 0 Å². The largest absolute Gasteiger partial charge is 0.494 e. The third-order valence-corrected chi connectivity index (χ3v) is 2.76. The van der Waals surface area contributed by atoms with Crippen molar-refractivity contribution in [2.75, 3.05) is 13.2 Å². The van der Waals surface area contributed by atoms with Gasteiger partial charge in [0, 0.05) is 17.6 Å². The monoisotopic (exact) mass is 304 g/mol. The molecule has 0 aliphatic heterocycles. The number of rotatable bonds is 8. The van der Waals surface area contributed by atoms with Gasteiger partial charge >= 0.3 is 11.9 Å². The molecular formula is C17H20O5. The van der Waals surface area contributed by atoms with Gasteiger partial charge in [0.25, 0.3) is 0 Å². The van der Waals surface area contributed by atoms with E-state index in [1.165, 1.54) is 6.92 Å². The van der Waals surface area contributed by atoms with Gasteiger partial charge in [0.05, 0.1) is 13.2 Å². The molecule has 0 spiro atoms. The second kappa shape index (κ2) is 8.67. The standard InChI is InChI=1S/C17H20O5/c1-4-21-15-7-5-13(6-8-15)11-14(16(18)19)9-10-22-17(20)12(2)3/h5-8,11H,2,4,9-10H2,1,3H3,(H,18,19). The van der Waals surface area contributed by atoms with Crippen LogP contribution in [-0.4, -0.2) is 30.3 Å². The van der Waals surface area contributed by atoms with Crippen LogP contribution < -0.4 is 4.74 Å². The summed E-state index contributed by atoms with van der Waals surface area (Å²) in [5, 5.41) is 9.20. The van der Waals surface area contributed by atoms with Crippen molar-refractivity contribution in [1.82, 2.24) is 0 Å². The zero-order valence-electron chi connectivity index (χ0n) is 12.8. The van der Waals surface area contributed by atoms with Gasteiger partial charge in [-0.05, 0) is 37.6 Å². The third-order valence-electron chi connectivity index (χ3n) is 2.76. The lowest BCUT2D eigenvalue weighted by Gasteiger charge is -2.06. The highest BCUT2D eigenvalue weighted by Gasteiger charge is 2.10. The minimum absolute atomic E-state index is 0.000849. The molecule has 5 nitrogen and oxygen atoms in total. The van der Waals surface area contributed by atoms with Crippen LogP contribution >= 0.6 is 0 Å². The van der Waals surface area contributed by atoms with Crippen molar-refractivity contribution in [3.05, 3.63) is 47.6 Å². The molecule has 1 N–H and O–H groups in total. The van der Waals surface area contributed by atoms with Gasteiger partial charge in [-0.2, -0.15) is 0 Å². The molecule has 0 saturated carbocycles. The van der Waals surface area contributed by atoms with Crippen LogP contribution in [0.25, 0.3) is 6.08 Å². The Hall–Kier alpha value is -2.56. The molecular weight excluding hydrogens is 284 g/mol. The van der Waals surface area contributed by atoms with Gasteiger partial charge in [0.2, 0.25) is 0 Å². The zero-order chi connectivity index (χ0) is 16.5. The molecule has 0 atom stereocenters. The van der Waals surface area contributed by atoms with Crippen LogP contribution in [0.15, 0.2) is 42.0 Å². The number of hydrogen-bond acceptors (Lipinski definition) is 4. The predicted octanol–water partition coefficient (Wildman–Crippen LogP) is 3.06. The van der Waals surface area contributed by atoms with Crippen LogP contribution in [0.3, 0.4) is 0 Å². The summed E-state index contributed by atoms with van der Waals surface area (Å²) in [7, 11) is 0. The second-order valence-electron chi connectivity index (χ2n) is 4.64. The van der Waals surface area contributed by atoms with Crippen molar-refractivity contribution in [2.45, 2.75) is 20.3 Å². The predicted molar refractivity (Wildman–Crippen MR) is 83.6 cm³/mol. The number of ether oxygens (including phenoxy) is 2. The smallest absolute Gasteiger partial charge is 0.333 e. The first-order valence-electron chi connectivity index (χ1n) is 6.93. The highest BCUT2D eigenvalue weighted by molar-refractivity contribution is 5.92. The molecule has 0 amide bonds. The summed E-state index contributed by atoms with van der Waals surface area (Å²) in [6.45, 7) is 7.46. The highest BCUT2D eigenvalue weighted by Crippen LogP contribution is 2.16. The van der Waals surface area contributed by atoms with Crippen LogP contribution in [0.5, 0.6) is 5.75 Å². The number of carbonyl (C=O) groups excluding carboxylic acids is 1. The van der Waals surface area contributed by atoms with Crippen molar-refractivity contribution in [2.24, 2.45) is 0 Å². The Morgan fingerprint density at radius 1 is 1.27 bits per heavy atom. The Kier molecular flexibility index (Phi) is 6.89. The first-order valence-corrected chi connectivity index (χ1v) is 6.93. The number of aliphatic carboxylic acids is 1. The molecule has 1 rings (SSSR count). The van der Waals surface area contributed by atoms with Crippen LogP contribution in [0.4, 0.5) is 0 Å². The number of hydrogen-bond donors (Lipinski definition) is 1. The van der Waals surface area contributed by atoms with Crippen LogP contribution in [0.2, 0.25) is 0 Å². The molecule has 1 aromatic carbocycles. The van der Waals surface area contributed by atoms with E-state index in [4.69, 9.17) is 9.47 Å². The Morgan fingerprint density at radius 3 is 2.41 bits per heavy atom. The maximum absolute atomic E-state index is 11.2. The van der Waals surface area contributed by atoms with Crippen molar-refractivity contribution < 1.29 is 24.2 Å². The van der Waals surface area contributed by atoms with E-state index in [1.807, 2.05) is 6.92 Å². The summed E-state index contributed by atoms with van der Waals surface area (Å²) in [4.78, 5) is 22.5. The maximum atomic E-state index is 11.2. The summed E-state index contributed by atoms with van der Waals surface area (Å²) in [6, 6.07) is 7.09. The normalized spacial score (nSPS) is 10.9. The summed E-state index contributed by atoms with van der Waals surface area (Å²) in [6.07, 6.45) is 1.67. The summed E-state index contributed by atoms with van der Waals surface area (Å²) < 4.78 is 10.2. The number of carboxylic acids is 1. The SMILES string of the molecule is C=C(C)C(=O)OCCC(=Cc1ccc(OCC)cc1)C(=O)O. The fraction of sp³-hybridized carbons (Fsp3) is 0.294. The maximum Gasteiger partial charge on any atom is 0.333 e. The van der Waals surface area contributed by atoms with Gasteiger partial charge in [-0.25, -0.2) is 9.59 Å². The quantitative estimate of drug-likeness (QED) is 0.590. The zero-order valence-corrected chi connectivity index (χ0v) is 12.8. The molecule has 0 fully saturated rings. The van der Waals surface area contributed by atoms with Gasteiger partial charge in [0.15, 0.2) is 0 Å². The lowest BCUT2D eigenvalue weighted by Crippen LogP contribution is -2.09. The molecule has 1 aromatic rings. The molecule has 0 radical (unpaired) electrons. The molecule has 0 aliphatic carbocycles. The van der Waals surface area contributed by atoms with E-state index in [1.54, 1.807) is 30.3 Å². The van der Waals surface area contributed by atoms with Crippen molar-refractivity contribution >= 4 is 18.0 Å². The molecule has 0 unspecified atom stereocenters. The second-order valence-corrected chi connectivity index (χ2v) is 4.64. The number of benzene rings is 1. The molecule has 118 valence electrons. The van der Waals surface area contributed by atoms with Crippen molar-refractivity contribution in [3.8, 4) is 5.75 Å². The summed E-state index contributed by atoms with van der Waals surface area (Å²) in [5.41, 5.74) is 1.19. The minimum Gasteiger partial charge on any atom is -0.494 e. The number of esters is 1. The van der Waals surface area contributed by atoms with E-state index < -0.39 is 11.9 Å². The van der Waals surface area contributed by atoms with Gasteiger partial charge in [-0.1, -0.05) is 18.7 Å². The van der Waals surface area contributed by atoms with Gasteiger partial charge in [-0.15, -0.1) is 0 Å². The van der Waals surface area contributed by atoms with Gasteiger partial charge in [-0.3, -0.25) is 0 Å². The summed E-state index contributed by atoms with van der Waals surface area (Å²) >= 11 is 0.